The van der Waals surface area contributed by atoms with Crippen molar-refractivity contribution in [3.05, 3.63) is 71.7 Å². The van der Waals surface area contributed by atoms with Crippen molar-refractivity contribution in [2.24, 2.45) is 5.41 Å². The van der Waals surface area contributed by atoms with Crippen molar-refractivity contribution in [2.45, 2.75) is 32.7 Å². The third-order valence-corrected chi connectivity index (χ3v) is 6.06. The first-order chi connectivity index (χ1) is 14.9. The Labute approximate surface area is 183 Å². The van der Waals surface area contributed by atoms with E-state index in [1.807, 2.05) is 44.6 Å². The summed E-state index contributed by atoms with van der Waals surface area (Å²) in [6.45, 7) is 4.53. The van der Waals surface area contributed by atoms with Crippen molar-refractivity contribution in [3.8, 4) is 11.3 Å². The highest BCUT2D eigenvalue weighted by Gasteiger charge is 2.44. The zero-order chi connectivity index (χ0) is 21.8. The van der Waals surface area contributed by atoms with Crippen molar-refractivity contribution in [2.75, 3.05) is 27.2 Å². The van der Waals surface area contributed by atoms with Gasteiger partial charge >= 0.3 is 0 Å². The number of benzene rings is 1. The molecule has 2 aromatic heterocycles. The lowest BCUT2D eigenvalue weighted by molar-refractivity contribution is -0.143. The molecule has 1 unspecified atom stereocenters. The lowest BCUT2D eigenvalue weighted by atomic mass is 9.75. The van der Waals surface area contributed by atoms with Gasteiger partial charge in [-0.25, -0.2) is 0 Å². The summed E-state index contributed by atoms with van der Waals surface area (Å²) < 4.78 is 5.71. The van der Waals surface area contributed by atoms with Crippen LogP contribution in [0.15, 0.2) is 59.4 Å². The number of amides is 1. The second-order valence-electron chi connectivity index (χ2n) is 8.88. The molecule has 1 amide bonds. The molecular formula is C25H30N4O2. The lowest BCUT2D eigenvalue weighted by Crippen LogP contribution is -2.52. The fourth-order valence-electron chi connectivity index (χ4n) is 4.57. The minimum absolute atomic E-state index is 0.150. The van der Waals surface area contributed by atoms with Gasteiger partial charge in [-0.3, -0.25) is 14.7 Å². The van der Waals surface area contributed by atoms with Crippen LogP contribution in [0.3, 0.4) is 0 Å². The summed E-state index contributed by atoms with van der Waals surface area (Å²) in [5.74, 6) is 0.908. The largest absolute Gasteiger partial charge is 0.361 e. The number of piperidine rings is 1. The number of aryl methyl sites for hydroxylation is 1. The smallest absolute Gasteiger partial charge is 0.230 e. The molecular weight excluding hydrogens is 388 g/mol. The zero-order valence-electron chi connectivity index (χ0n) is 18.5. The second-order valence-corrected chi connectivity index (χ2v) is 8.88. The highest BCUT2D eigenvalue weighted by Crippen LogP contribution is 2.37. The second kappa shape index (κ2) is 9.02. The van der Waals surface area contributed by atoms with Gasteiger partial charge in [-0.15, -0.1) is 0 Å². The van der Waals surface area contributed by atoms with Gasteiger partial charge in [0, 0.05) is 57.6 Å². The standard InChI is InChI=1S/C25H30N4O2/c1-19-7-9-21(10-8-19)23-14-22(31-27-23)15-25(24(30)28(2)3)11-5-13-29(18-25)17-20-6-4-12-26-16-20/h4,6-10,12,14,16H,5,11,13,15,17-18H2,1-3H3. The molecule has 1 aliphatic heterocycles. The number of pyridine rings is 1. The number of rotatable bonds is 6. The van der Waals surface area contributed by atoms with Gasteiger partial charge in [0.2, 0.25) is 5.91 Å². The summed E-state index contributed by atoms with van der Waals surface area (Å²) in [6.07, 6.45) is 6.04. The molecule has 1 aliphatic rings. The Kier molecular flexibility index (Phi) is 6.18. The number of aromatic nitrogens is 2. The van der Waals surface area contributed by atoms with Crippen LogP contribution in [0, 0.1) is 12.3 Å². The maximum Gasteiger partial charge on any atom is 0.230 e. The quantitative estimate of drug-likeness (QED) is 0.606. The Morgan fingerprint density at radius 3 is 2.74 bits per heavy atom. The first-order valence-electron chi connectivity index (χ1n) is 10.8. The Bertz CT molecular complexity index is 1010. The van der Waals surface area contributed by atoms with Crippen LogP contribution < -0.4 is 0 Å². The minimum atomic E-state index is -0.520. The maximum atomic E-state index is 13.4. The molecule has 0 bridgehead atoms. The first-order valence-corrected chi connectivity index (χ1v) is 10.8. The van der Waals surface area contributed by atoms with Crippen molar-refractivity contribution in [3.63, 3.8) is 0 Å². The summed E-state index contributed by atoms with van der Waals surface area (Å²) in [5.41, 5.74) is 3.69. The van der Waals surface area contributed by atoms with Crippen molar-refractivity contribution in [1.29, 1.82) is 0 Å². The van der Waals surface area contributed by atoms with Gasteiger partial charge in [0.1, 0.15) is 11.5 Å². The Balaban J connectivity index is 1.56. The highest BCUT2D eigenvalue weighted by molar-refractivity contribution is 5.83. The van der Waals surface area contributed by atoms with E-state index in [1.165, 1.54) is 5.56 Å². The molecule has 6 heteroatoms. The molecule has 162 valence electrons. The number of likely N-dealkylation sites (tertiary alicyclic amines) is 1. The van der Waals surface area contributed by atoms with Crippen molar-refractivity contribution in [1.82, 2.24) is 19.9 Å². The van der Waals surface area contributed by atoms with E-state index in [-0.39, 0.29) is 5.91 Å². The van der Waals surface area contributed by atoms with E-state index >= 15 is 0 Å². The number of hydrogen-bond acceptors (Lipinski definition) is 5. The topological polar surface area (TPSA) is 62.5 Å². The average molecular weight is 419 g/mol. The Hall–Kier alpha value is -2.99. The summed E-state index contributed by atoms with van der Waals surface area (Å²) in [4.78, 5) is 21.7. The Morgan fingerprint density at radius 2 is 2.03 bits per heavy atom. The van der Waals surface area contributed by atoms with Gasteiger partial charge < -0.3 is 9.42 Å². The molecule has 0 radical (unpaired) electrons. The average Bonchev–Trinajstić information content (AvgIpc) is 3.22. The molecule has 31 heavy (non-hydrogen) atoms. The number of hydrogen-bond donors (Lipinski definition) is 0. The molecule has 0 N–H and O–H groups in total. The molecule has 1 atom stereocenters. The molecule has 4 rings (SSSR count). The van der Waals surface area contributed by atoms with Crippen molar-refractivity contribution < 1.29 is 9.32 Å². The highest BCUT2D eigenvalue weighted by atomic mass is 16.5. The molecule has 0 spiro atoms. The summed E-state index contributed by atoms with van der Waals surface area (Å²) in [6, 6.07) is 14.3. The molecule has 0 aliphatic carbocycles. The fourth-order valence-corrected chi connectivity index (χ4v) is 4.57. The van der Waals surface area contributed by atoms with Gasteiger partial charge in [0.25, 0.3) is 0 Å². The number of carbonyl (C=O) groups is 1. The van der Waals surface area contributed by atoms with Gasteiger partial charge in [0.05, 0.1) is 5.41 Å². The van der Waals surface area contributed by atoms with E-state index in [4.69, 9.17) is 4.52 Å². The number of carbonyl (C=O) groups excluding carboxylic acids is 1. The van der Waals surface area contributed by atoms with E-state index in [1.54, 1.807) is 11.1 Å². The number of nitrogens with zero attached hydrogens (tertiary/aromatic N) is 4. The molecule has 6 nitrogen and oxygen atoms in total. The SMILES string of the molecule is Cc1ccc(-c2cc(CC3(C(=O)N(C)C)CCCN(Cc4cccnc4)C3)on2)cc1. The predicted octanol–water partition coefficient (Wildman–Crippen LogP) is 3.96. The minimum Gasteiger partial charge on any atom is -0.361 e. The van der Waals surface area contributed by atoms with Crippen LogP contribution in [-0.4, -0.2) is 53.0 Å². The van der Waals surface area contributed by atoms with Crippen LogP contribution in [0.1, 0.15) is 29.7 Å². The van der Waals surface area contributed by atoms with E-state index in [2.05, 4.69) is 40.2 Å². The van der Waals surface area contributed by atoms with Crippen LogP contribution >= 0.6 is 0 Å². The van der Waals surface area contributed by atoms with Crippen molar-refractivity contribution >= 4 is 5.91 Å². The van der Waals surface area contributed by atoms with Gasteiger partial charge in [-0.2, -0.15) is 0 Å². The van der Waals surface area contributed by atoms with Crippen LogP contribution in [0.2, 0.25) is 0 Å². The normalized spacial score (nSPS) is 19.3. The Morgan fingerprint density at radius 1 is 1.23 bits per heavy atom. The van der Waals surface area contributed by atoms with E-state index in [0.717, 1.165) is 48.5 Å². The van der Waals surface area contributed by atoms with Crippen LogP contribution in [0.5, 0.6) is 0 Å². The molecule has 1 saturated heterocycles. The summed E-state index contributed by atoms with van der Waals surface area (Å²) in [7, 11) is 3.67. The molecule has 1 fully saturated rings. The third-order valence-electron chi connectivity index (χ3n) is 6.06. The van der Waals surface area contributed by atoms with E-state index in [0.29, 0.717) is 13.0 Å². The summed E-state index contributed by atoms with van der Waals surface area (Å²) in [5, 5.41) is 4.28. The molecule has 3 aromatic rings. The van der Waals surface area contributed by atoms with Crippen LogP contribution in [-0.2, 0) is 17.8 Å². The van der Waals surface area contributed by atoms with E-state index < -0.39 is 5.41 Å². The molecule has 3 heterocycles. The zero-order valence-corrected chi connectivity index (χ0v) is 18.5. The van der Waals surface area contributed by atoms with Gasteiger partial charge in [0.15, 0.2) is 0 Å². The van der Waals surface area contributed by atoms with Gasteiger partial charge in [-0.05, 0) is 37.9 Å². The monoisotopic (exact) mass is 418 g/mol. The summed E-state index contributed by atoms with van der Waals surface area (Å²) >= 11 is 0. The lowest BCUT2D eigenvalue weighted by Gasteiger charge is -2.42. The van der Waals surface area contributed by atoms with E-state index in [9.17, 15) is 4.79 Å². The maximum absolute atomic E-state index is 13.4. The molecule has 0 saturated carbocycles. The molecule has 1 aromatic carbocycles. The first kappa shape index (κ1) is 21.2. The van der Waals surface area contributed by atoms with Gasteiger partial charge in [-0.1, -0.05) is 41.1 Å². The third kappa shape index (κ3) is 4.85. The van der Waals surface area contributed by atoms with Crippen LogP contribution in [0.4, 0.5) is 0 Å². The fraction of sp³-hybridized carbons (Fsp3) is 0.400. The predicted molar refractivity (Wildman–Crippen MR) is 120 cm³/mol. The van der Waals surface area contributed by atoms with Crippen LogP contribution in [0.25, 0.3) is 11.3 Å².